The van der Waals surface area contributed by atoms with Crippen LogP contribution < -0.4 is 5.32 Å². The zero-order valence-corrected chi connectivity index (χ0v) is 21.7. The molecule has 1 aromatic carbocycles. The highest BCUT2D eigenvalue weighted by atomic mass is 127. The molecule has 7 heteroatoms. The summed E-state index contributed by atoms with van der Waals surface area (Å²) < 4.78 is 17.6. The number of benzene rings is 1. The Bertz CT molecular complexity index is 640. The number of nitrogens with one attached hydrogen (secondary N) is 1. The molecule has 2 aliphatic heterocycles. The van der Waals surface area contributed by atoms with Gasteiger partial charge in [-0.3, -0.25) is 4.99 Å². The van der Waals surface area contributed by atoms with Gasteiger partial charge < -0.3 is 24.4 Å². The molecule has 1 atom stereocenters. The number of hydrogen-bond donors (Lipinski definition) is 1. The van der Waals surface area contributed by atoms with E-state index in [1.165, 1.54) is 24.0 Å². The maximum atomic E-state index is 6.14. The second-order valence-corrected chi connectivity index (χ2v) is 8.59. The first kappa shape index (κ1) is 26.4. The minimum Gasteiger partial charge on any atom is -0.376 e. The van der Waals surface area contributed by atoms with Gasteiger partial charge in [0, 0.05) is 33.3 Å². The summed E-state index contributed by atoms with van der Waals surface area (Å²) in [6, 6.07) is 8.60. The number of nitrogens with zero attached hydrogens (tertiary/aromatic N) is 2. The number of halogens is 1. The van der Waals surface area contributed by atoms with Crippen LogP contribution in [0.25, 0.3) is 0 Å². The molecule has 2 fully saturated rings. The summed E-state index contributed by atoms with van der Waals surface area (Å²) in [5.41, 5.74) is 2.45. The van der Waals surface area contributed by atoms with E-state index in [1.807, 2.05) is 7.05 Å². The lowest BCUT2D eigenvalue weighted by Crippen LogP contribution is -2.47. The van der Waals surface area contributed by atoms with Crippen molar-refractivity contribution >= 4 is 29.9 Å². The first-order chi connectivity index (χ1) is 14.6. The van der Waals surface area contributed by atoms with Crippen molar-refractivity contribution in [2.75, 3.05) is 33.4 Å². The van der Waals surface area contributed by atoms with Gasteiger partial charge in [-0.15, -0.1) is 24.0 Å². The van der Waals surface area contributed by atoms with Crippen LogP contribution in [0.5, 0.6) is 0 Å². The third kappa shape index (κ3) is 9.24. The van der Waals surface area contributed by atoms with Gasteiger partial charge in [-0.1, -0.05) is 24.3 Å². The third-order valence-electron chi connectivity index (χ3n) is 5.80. The zero-order valence-electron chi connectivity index (χ0n) is 19.3. The zero-order chi connectivity index (χ0) is 21.2. The number of aliphatic imine (C=N–C) groups is 1. The van der Waals surface area contributed by atoms with Gasteiger partial charge in [0.2, 0.25) is 0 Å². The van der Waals surface area contributed by atoms with Crippen LogP contribution in [0.3, 0.4) is 0 Å². The van der Waals surface area contributed by atoms with Gasteiger partial charge in [0.1, 0.15) is 0 Å². The highest BCUT2D eigenvalue weighted by molar-refractivity contribution is 14.0. The summed E-state index contributed by atoms with van der Waals surface area (Å²) in [6.45, 7) is 9.14. The lowest BCUT2D eigenvalue weighted by Gasteiger charge is -2.35. The predicted molar refractivity (Wildman–Crippen MR) is 136 cm³/mol. The lowest BCUT2D eigenvalue weighted by molar-refractivity contribution is -0.0721. The molecule has 0 saturated carbocycles. The van der Waals surface area contributed by atoms with Crippen LogP contribution >= 0.6 is 24.0 Å². The molecule has 176 valence electrons. The molecule has 31 heavy (non-hydrogen) atoms. The van der Waals surface area contributed by atoms with Gasteiger partial charge in [0.15, 0.2) is 5.96 Å². The first-order valence-electron chi connectivity index (χ1n) is 11.5. The molecule has 3 rings (SSSR count). The summed E-state index contributed by atoms with van der Waals surface area (Å²) >= 11 is 0. The smallest absolute Gasteiger partial charge is 0.193 e. The molecule has 1 unspecified atom stereocenters. The van der Waals surface area contributed by atoms with Crippen LogP contribution in [-0.4, -0.2) is 62.5 Å². The van der Waals surface area contributed by atoms with Crippen LogP contribution in [0.4, 0.5) is 0 Å². The third-order valence-corrected chi connectivity index (χ3v) is 5.80. The Balaban J connectivity index is 0.00000341. The Morgan fingerprint density at radius 3 is 2.45 bits per heavy atom. The highest BCUT2D eigenvalue weighted by Gasteiger charge is 2.23. The molecule has 2 saturated heterocycles. The fourth-order valence-electron chi connectivity index (χ4n) is 3.95. The molecule has 0 aliphatic carbocycles. The van der Waals surface area contributed by atoms with Crippen molar-refractivity contribution in [3.05, 3.63) is 35.4 Å². The van der Waals surface area contributed by atoms with Crippen molar-refractivity contribution in [2.45, 2.75) is 77.4 Å². The summed E-state index contributed by atoms with van der Waals surface area (Å²) in [7, 11) is 1.86. The summed E-state index contributed by atoms with van der Waals surface area (Å²) in [4.78, 5) is 6.82. The Hall–Kier alpha value is -0.900. The first-order valence-corrected chi connectivity index (χ1v) is 11.5. The highest BCUT2D eigenvalue weighted by Crippen LogP contribution is 2.18. The molecule has 0 radical (unpaired) electrons. The second-order valence-electron chi connectivity index (χ2n) is 8.59. The molecule has 0 aromatic heterocycles. The Morgan fingerprint density at radius 2 is 1.84 bits per heavy atom. The molecular formula is C24H40IN3O3. The van der Waals surface area contributed by atoms with E-state index in [1.54, 1.807) is 0 Å². The van der Waals surface area contributed by atoms with E-state index in [0.717, 1.165) is 58.1 Å². The topological polar surface area (TPSA) is 55.3 Å². The quantitative estimate of drug-likeness (QED) is 0.299. The van der Waals surface area contributed by atoms with E-state index in [2.05, 4.69) is 53.3 Å². The number of ether oxygens (including phenoxy) is 3. The molecule has 0 amide bonds. The molecular weight excluding hydrogens is 505 g/mol. The number of piperidine rings is 1. The van der Waals surface area contributed by atoms with E-state index < -0.39 is 0 Å². The number of hydrogen-bond acceptors (Lipinski definition) is 4. The minimum atomic E-state index is 0. The molecule has 6 nitrogen and oxygen atoms in total. The summed E-state index contributed by atoms with van der Waals surface area (Å²) in [5.74, 6) is 0.969. The van der Waals surface area contributed by atoms with E-state index in [9.17, 15) is 0 Å². The van der Waals surface area contributed by atoms with Gasteiger partial charge in [0.05, 0.1) is 31.5 Å². The average Bonchev–Trinajstić information content (AvgIpc) is 2.79. The molecule has 1 N–H and O–H groups in total. The Morgan fingerprint density at radius 1 is 1.13 bits per heavy atom. The SMILES string of the molecule is CN=C(NCc1ccc(COC(C)C)cc1)N1CCC(OCC2CCCCO2)CC1.I. The van der Waals surface area contributed by atoms with Crippen LogP contribution in [0.2, 0.25) is 0 Å². The normalized spacial score (nSPS) is 20.6. The van der Waals surface area contributed by atoms with Crippen molar-refractivity contribution in [1.29, 1.82) is 0 Å². The Labute approximate surface area is 205 Å². The van der Waals surface area contributed by atoms with Gasteiger partial charge in [0.25, 0.3) is 0 Å². The molecule has 1 aromatic rings. The standard InChI is InChI=1S/C24H39N3O3.HI/c1-19(2)29-17-21-9-7-20(8-10-21)16-26-24(25-3)27-13-11-22(12-14-27)30-18-23-6-4-5-15-28-23;/h7-10,19,22-23H,4-6,11-18H2,1-3H3,(H,25,26);1H. The van der Waals surface area contributed by atoms with Crippen molar-refractivity contribution < 1.29 is 14.2 Å². The molecule has 0 spiro atoms. The van der Waals surface area contributed by atoms with Gasteiger partial charge in [-0.05, 0) is 57.1 Å². The number of guanidine groups is 1. The Kier molecular flexibility index (Phi) is 12.1. The lowest BCUT2D eigenvalue weighted by atomic mass is 10.1. The van der Waals surface area contributed by atoms with Crippen molar-refractivity contribution in [1.82, 2.24) is 10.2 Å². The predicted octanol–water partition coefficient (Wildman–Crippen LogP) is 4.36. The van der Waals surface area contributed by atoms with Crippen LogP contribution in [0.1, 0.15) is 57.1 Å². The van der Waals surface area contributed by atoms with Crippen molar-refractivity contribution in [3.63, 3.8) is 0 Å². The fraction of sp³-hybridized carbons (Fsp3) is 0.708. The van der Waals surface area contributed by atoms with E-state index in [-0.39, 0.29) is 30.1 Å². The van der Waals surface area contributed by atoms with Crippen LogP contribution in [-0.2, 0) is 27.4 Å². The van der Waals surface area contributed by atoms with E-state index >= 15 is 0 Å². The van der Waals surface area contributed by atoms with Crippen molar-refractivity contribution in [2.24, 2.45) is 4.99 Å². The number of rotatable bonds is 8. The molecule has 0 bridgehead atoms. The summed E-state index contributed by atoms with van der Waals surface area (Å²) in [6.07, 6.45) is 6.57. The molecule has 2 aliphatic rings. The van der Waals surface area contributed by atoms with Crippen LogP contribution in [0.15, 0.2) is 29.3 Å². The number of likely N-dealkylation sites (tertiary alicyclic amines) is 1. The van der Waals surface area contributed by atoms with Crippen LogP contribution in [0, 0.1) is 0 Å². The van der Waals surface area contributed by atoms with E-state index in [0.29, 0.717) is 18.8 Å². The van der Waals surface area contributed by atoms with Gasteiger partial charge in [-0.25, -0.2) is 0 Å². The summed E-state index contributed by atoms with van der Waals surface area (Å²) in [5, 5.41) is 3.51. The van der Waals surface area contributed by atoms with Gasteiger partial charge >= 0.3 is 0 Å². The fourth-order valence-corrected chi connectivity index (χ4v) is 3.95. The molecule has 2 heterocycles. The minimum absolute atomic E-state index is 0. The maximum absolute atomic E-state index is 6.14. The average molecular weight is 546 g/mol. The largest absolute Gasteiger partial charge is 0.376 e. The van der Waals surface area contributed by atoms with Crippen molar-refractivity contribution in [3.8, 4) is 0 Å². The van der Waals surface area contributed by atoms with Gasteiger partial charge in [-0.2, -0.15) is 0 Å². The van der Waals surface area contributed by atoms with E-state index in [4.69, 9.17) is 14.2 Å². The maximum Gasteiger partial charge on any atom is 0.193 e. The second kappa shape index (κ2) is 14.3. The monoisotopic (exact) mass is 545 g/mol.